The van der Waals surface area contributed by atoms with E-state index in [0.29, 0.717) is 6.61 Å². The minimum Gasteiger partial charge on any atom is -0.348 e. The van der Waals surface area contributed by atoms with Gasteiger partial charge in [-0.3, -0.25) is 4.79 Å². The number of hydrogen-bond donors (Lipinski definition) is 0. The van der Waals surface area contributed by atoms with E-state index in [9.17, 15) is 4.79 Å². The van der Waals surface area contributed by atoms with Gasteiger partial charge in [0.15, 0.2) is 5.79 Å². The van der Waals surface area contributed by atoms with Crippen molar-refractivity contribution in [2.75, 3.05) is 6.61 Å². The van der Waals surface area contributed by atoms with E-state index in [0.717, 1.165) is 0 Å². The molecular formula is C9H12O3. The van der Waals surface area contributed by atoms with Crippen molar-refractivity contribution in [2.45, 2.75) is 32.2 Å². The van der Waals surface area contributed by atoms with Crippen molar-refractivity contribution in [3.05, 3.63) is 0 Å². The molecule has 0 aromatic heterocycles. The molecule has 1 aliphatic rings. The molecule has 1 saturated heterocycles. The van der Waals surface area contributed by atoms with Crippen molar-refractivity contribution in [3.8, 4) is 12.3 Å². The van der Waals surface area contributed by atoms with Crippen LogP contribution in [0.1, 0.15) is 20.3 Å². The number of ketones is 1. The highest BCUT2D eigenvalue weighted by atomic mass is 16.7. The Morgan fingerprint density at radius 2 is 2.42 bits per heavy atom. The van der Waals surface area contributed by atoms with Gasteiger partial charge in [0.25, 0.3) is 0 Å². The minimum atomic E-state index is -0.570. The van der Waals surface area contributed by atoms with Crippen LogP contribution in [0, 0.1) is 12.3 Å². The van der Waals surface area contributed by atoms with Crippen LogP contribution in [0.4, 0.5) is 0 Å². The molecular weight excluding hydrogens is 156 g/mol. The van der Waals surface area contributed by atoms with E-state index in [2.05, 4.69) is 0 Å². The lowest BCUT2D eigenvalue weighted by molar-refractivity contribution is -0.141. The highest BCUT2D eigenvalue weighted by Crippen LogP contribution is 2.23. The summed E-state index contributed by atoms with van der Waals surface area (Å²) in [6, 6.07) is 0. The number of rotatable bonds is 2. The van der Waals surface area contributed by atoms with Crippen molar-refractivity contribution in [2.24, 2.45) is 0 Å². The van der Waals surface area contributed by atoms with Gasteiger partial charge in [-0.25, -0.2) is 0 Å². The summed E-state index contributed by atoms with van der Waals surface area (Å²) in [5, 5.41) is 0. The third-order valence-corrected chi connectivity index (χ3v) is 1.64. The van der Waals surface area contributed by atoms with E-state index in [1.54, 1.807) is 0 Å². The quantitative estimate of drug-likeness (QED) is 0.450. The maximum atomic E-state index is 10.8. The molecule has 3 nitrogen and oxygen atoms in total. The number of terminal acetylenes is 1. The Morgan fingerprint density at radius 1 is 1.75 bits per heavy atom. The predicted molar refractivity (Wildman–Crippen MR) is 43.4 cm³/mol. The van der Waals surface area contributed by atoms with E-state index in [1.807, 2.05) is 19.8 Å². The van der Waals surface area contributed by atoms with Crippen molar-refractivity contribution < 1.29 is 14.3 Å². The molecule has 1 atom stereocenters. The predicted octanol–water partition coefficient (Wildman–Crippen LogP) is 0.730. The molecule has 0 bridgehead atoms. The Morgan fingerprint density at radius 3 is 2.83 bits per heavy atom. The molecule has 1 aliphatic heterocycles. The number of carbonyl (C=O) groups excluding carboxylic acids is 1. The molecule has 1 unspecified atom stereocenters. The van der Waals surface area contributed by atoms with Gasteiger partial charge in [0.1, 0.15) is 0 Å². The fourth-order valence-electron chi connectivity index (χ4n) is 1.13. The smallest absolute Gasteiger partial charge is 0.207 e. The molecule has 0 N–H and O–H groups in total. The zero-order valence-electron chi connectivity index (χ0n) is 7.29. The number of Topliss-reactive ketones (excluding diaryl/α,β-unsaturated/α-hetero) is 1. The Hall–Kier alpha value is -0.850. The minimum absolute atomic E-state index is 0.177. The Balaban J connectivity index is 2.39. The van der Waals surface area contributed by atoms with Crippen LogP contribution in [-0.2, 0) is 14.3 Å². The summed E-state index contributed by atoms with van der Waals surface area (Å²) in [5.74, 6) is 1.24. The van der Waals surface area contributed by atoms with E-state index in [1.165, 1.54) is 0 Å². The van der Waals surface area contributed by atoms with Gasteiger partial charge in [0, 0.05) is 6.42 Å². The Labute approximate surface area is 72.0 Å². The van der Waals surface area contributed by atoms with E-state index in [4.69, 9.17) is 15.9 Å². The van der Waals surface area contributed by atoms with Crippen LogP contribution >= 0.6 is 0 Å². The van der Waals surface area contributed by atoms with Gasteiger partial charge in [-0.05, 0) is 19.8 Å². The maximum Gasteiger partial charge on any atom is 0.207 e. The van der Waals surface area contributed by atoms with Crippen molar-refractivity contribution in [3.63, 3.8) is 0 Å². The second-order valence-corrected chi connectivity index (χ2v) is 3.22. The third-order valence-electron chi connectivity index (χ3n) is 1.64. The van der Waals surface area contributed by atoms with E-state index < -0.39 is 5.79 Å². The molecule has 0 radical (unpaired) electrons. The summed E-state index contributed by atoms with van der Waals surface area (Å²) in [5.41, 5.74) is 0. The maximum absolute atomic E-state index is 10.8. The average molecular weight is 168 g/mol. The average Bonchev–Trinajstić information content (AvgIpc) is 2.30. The summed E-state index contributed by atoms with van der Waals surface area (Å²) in [4.78, 5) is 10.8. The van der Waals surface area contributed by atoms with Gasteiger partial charge in [-0.1, -0.05) is 0 Å². The molecule has 0 spiro atoms. The molecule has 1 fully saturated rings. The SMILES string of the molecule is C#CC(=O)CC1COC(C)(C)O1. The van der Waals surface area contributed by atoms with Gasteiger partial charge < -0.3 is 9.47 Å². The first-order valence-corrected chi connectivity index (χ1v) is 3.85. The zero-order chi connectivity index (χ0) is 9.19. The third kappa shape index (κ3) is 2.33. The summed E-state index contributed by atoms with van der Waals surface area (Å²) < 4.78 is 10.6. The highest BCUT2D eigenvalue weighted by Gasteiger charge is 2.33. The summed E-state index contributed by atoms with van der Waals surface area (Å²) in [6.45, 7) is 4.07. The van der Waals surface area contributed by atoms with Gasteiger partial charge in [-0.15, -0.1) is 6.42 Å². The number of ether oxygens (including phenoxy) is 2. The summed E-state index contributed by atoms with van der Waals surface area (Å²) in [7, 11) is 0. The first-order valence-electron chi connectivity index (χ1n) is 3.85. The molecule has 1 rings (SSSR count). The molecule has 66 valence electrons. The molecule has 0 aromatic rings. The van der Waals surface area contributed by atoms with Crippen LogP contribution < -0.4 is 0 Å². The topological polar surface area (TPSA) is 35.5 Å². The van der Waals surface area contributed by atoms with E-state index >= 15 is 0 Å². The second kappa shape index (κ2) is 3.26. The molecule has 0 amide bonds. The van der Waals surface area contributed by atoms with E-state index in [-0.39, 0.29) is 18.3 Å². The first-order chi connectivity index (χ1) is 5.53. The van der Waals surface area contributed by atoms with Gasteiger partial charge in [0.2, 0.25) is 5.78 Å². The largest absolute Gasteiger partial charge is 0.348 e. The van der Waals surface area contributed by atoms with Crippen LogP contribution in [0.15, 0.2) is 0 Å². The molecule has 0 aromatic carbocycles. The Kier molecular flexibility index (Phi) is 2.51. The van der Waals surface area contributed by atoms with Crippen molar-refractivity contribution >= 4 is 5.78 Å². The van der Waals surface area contributed by atoms with Crippen LogP contribution in [-0.4, -0.2) is 24.3 Å². The van der Waals surface area contributed by atoms with Crippen molar-refractivity contribution in [1.82, 2.24) is 0 Å². The summed E-state index contributed by atoms with van der Waals surface area (Å²) >= 11 is 0. The fourth-order valence-corrected chi connectivity index (χ4v) is 1.13. The van der Waals surface area contributed by atoms with Crippen LogP contribution in [0.25, 0.3) is 0 Å². The normalized spacial score (nSPS) is 26.6. The molecule has 12 heavy (non-hydrogen) atoms. The number of carbonyl (C=O) groups is 1. The summed E-state index contributed by atoms with van der Waals surface area (Å²) in [6.07, 6.45) is 4.99. The lowest BCUT2D eigenvalue weighted by atomic mass is 10.2. The van der Waals surface area contributed by atoms with Gasteiger partial charge in [0.05, 0.1) is 12.7 Å². The first kappa shape index (κ1) is 9.24. The van der Waals surface area contributed by atoms with Gasteiger partial charge >= 0.3 is 0 Å². The molecule has 0 aliphatic carbocycles. The molecule has 3 heteroatoms. The van der Waals surface area contributed by atoms with Crippen LogP contribution in [0.5, 0.6) is 0 Å². The zero-order valence-corrected chi connectivity index (χ0v) is 7.29. The lowest BCUT2D eigenvalue weighted by Gasteiger charge is -2.16. The second-order valence-electron chi connectivity index (χ2n) is 3.22. The standard InChI is InChI=1S/C9H12O3/c1-4-7(10)5-8-6-11-9(2,3)12-8/h1,8H,5-6H2,2-3H3. The number of hydrogen-bond acceptors (Lipinski definition) is 3. The molecule has 1 heterocycles. The van der Waals surface area contributed by atoms with Crippen LogP contribution in [0.2, 0.25) is 0 Å². The lowest BCUT2D eigenvalue weighted by Crippen LogP contribution is -2.22. The monoisotopic (exact) mass is 168 g/mol. The van der Waals surface area contributed by atoms with Crippen molar-refractivity contribution in [1.29, 1.82) is 0 Å². The Bertz CT molecular complexity index is 224. The van der Waals surface area contributed by atoms with Gasteiger partial charge in [-0.2, -0.15) is 0 Å². The fraction of sp³-hybridized carbons (Fsp3) is 0.667. The molecule has 0 saturated carbocycles. The van der Waals surface area contributed by atoms with Crippen LogP contribution in [0.3, 0.4) is 0 Å². The highest BCUT2D eigenvalue weighted by molar-refractivity contribution is 5.95.